The van der Waals surface area contributed by atoms with Gasteiger partial charge in [-0.1, -0.05) is 37.6 Å². The van der Waals surface area contributed by atoms with Crippen LogP contribution < -0.4 is 9.64 Å². The van der Waals surface area contributed by atoms with Crippen LogP contribution in [0.4, 0.5) is 11.4 Å². The van der Waals surface area contributed by atoms with E-state index in [0.29, 0.717) is 0 Å². The summed E-state index contributed by atoms with van der Waals surface area (Å²) in [5.74, 6) is 1.89. The second-order valence-corrected chi connectivity index (χ2v) is 9.09. The molecular weight excluding hydrogens is 380 g/mol. The second-order valence-electron chi connectivity index (χ2n) is 9.09. The standard InChI is InChI=1S/C28H35N2O/c1-7-14-28(6)22-17-20(4)10-12-23(22)29(15-8-2)26(28)19-27-30(16-9-3)24-13-11-21(5)18-25(24)31-27/h7,10-13,17-19H,1,8-9,14-16H2,2-6H3/q+1. The molecule has 2 aliphatic rings. The van der Waals surface area contributed by atoms with Crippen LogP contribution in [0.1, 0.15) is 56.7 Å². The van der Waals surface area contributed by atoms with E-state index in [1.807, 2.05) is 0 Å². The first kappa shape index (κ1) is 21.4. The molecule has 0 spiro atoms. The minimum Gasteiger partial charge on any atom is -0.438 e. The van der Waals surface area contributed by atoms with E-state index in [4.69, 9.17) is 4.74 Å². The molecule has 1 atom stereocenters. The predicted octanol–water partition coefficient (Wildman–Crippen LogP) is 6.80. The summed E-state index contributed by atoms with van der Waals surface area (Å²) in [5, 5.41) is 0. The second kappa shape index (κ2) is 8.37. The number of benzene rings is 2. The van der Waals surface area contributed by atoms with Gasteiger partial charge >= 0.3 is 0 Å². The average Bonchev–Trinajstić information content (AvgIpc) is 3.17. The molecule has 0 fully saturated rings. The van der Waals surface area contributed by atoms with E-state index in [1.54, 1.807) is 0 Å². The Morgan fingerprint density at radius 2 is 1.81 bits per heavy atom. The number of hydrogen-bond donors (Lipinski definition) is 0. The van der Waals surface area contributed by atoms with Crippen molar-refractivity contribution >= 4 is 17.1 Å². The number of fused-ring (bicyclic) bond motifs is 2. The van der Waals surface area contributed by atoms with Crippen LogP contribution in [0.2, 0.25) is 0 Å². The largest absolute Gasteiger partial charge is 0.438 e. The highest BCUT2D eigenvalue weighted by atomic mass is 16.5. The van der Waals surface area contributed by atoms with Crippen molar-refractivity contribution in [1.82, 2.24) is 0 Å². The summed E-state index contributed by atoms with van der Waals surface area (Å²) in [6.07, 6.45) is 7.38. The van der Waals surface area contributed by atoms with Crippen molar-refractivity contribution in [1.29, 1.82) is 0 Å². The number of hydrogen-bond acceptors (Lipinski definition) is 2. The Kier molecular flexibility index (Phi) is 5.79. The Bertz CT molecular complexity index is 1080. The van der Waals surface area contributed by atoms with Crippen LogP contribution in [0.3, 0.4) is 0 Å². The first-order valence-corrected chi connectivity index (χ1v) is 11.6. The van der Waals surface area contributed by atoms with Gasteiger partial charge in [-0.3, -0.25) is 0 Å². The van der Waals surface area contributed by atoms with Crippen LogP contribution in [0.25, 0.3) is 0 Å². The quantitative estimate of drug-likeness (QED) is 0.365. The third-order valence-corrected chi connectivity index (χ3v) is 6.49. The monoisotopic (exact) mass is 415 g/mol. The molecule has 2 heterocycles. The Morgan fingerprint density at radius 3 is 2.52 bits per heavy atom. The normalized spacial score (nSPS) is 20.8. The average molecular weight is 416 g/mol. The molecule has 0 aliphatic carbocycles. The van der Waals surface area contributed by atoms with Crippen molar-refractivity contribution in [3.63, 3.8) is 0 Å². The van der Waals surface area contributed by atoms with Crippen molar-refractivity contribution < 1.29 is 9.31 Å². The number of aryl methyl sites for hydroxylation is 2. The van der Waals surface area contributed by atoms with Crippen molar-refractivity contribution in [2.45, 2.75) is 59.3 Å². The first-order chi connectivity index (χ1) is 14.9. The molecule has 0 saturated carbocycles. The highest BCUT2D eigenvalue weighted by Gasteiger charge is 2.48. The highest BCUT2D eigenvalue weighted by Crippen LogP contribution is 2.45. The lowest BCUT2D eigenvalue weighted by molar-refractivity contribution is -0.437. The molecule has 31 heavy (non-hydrogen) atoms. The van der Waals surface area contributed by atoms with Gasteiger partial charge in [0.1, 0.15) is 6.54 Å². The predicted molar refractivity (Wildman–Crippen MR) is 131 cm³/mol. The van der Waals surface area contributed by atoms with Crippen molar-refractivity contribution in [3.8, 4) is 5.75 Å². The van der Waals surface area contributed by atoms with Gasteiger partial charge in [0.2, 0.25) is 11.6 Å². The van der Waals surface area contributed by atoms with E-state index in [9.17, 15) is 0 Å². The zero-order valence-electron chi connectivity index (χ0n) is 19.7. The lowest BCUT2D eigenvalue weighted by atomic mass is 9.76. The summed E-state index contributed by atoms with van der Waals surface area (Å²) in [6.45, 7) is 17.1. The third kappa shape index (κ3) is 3.60. The molecule has 0 saturated heterocycles. The summed E-state index contributed by atoms with van der Waals surface area (Å²) >= 11 is 0. The van der Waals surface area contributed by atoms with E-state index in [2.05, 4.69) is 99.2 Å². The highest BCUT2D eigenvalue weighted by molar-refractivity contribution is 6.04. The van der Waals surface area contributed by atoms with E-state index in [1.165, 1.54) is 28.1 Å². The Hall–Kier alpha value is -2.81. The first-order valence-electron chi connectivity index (χ1n) is 11.6. The molecule has 0 bridgehead atoms. The number of ether oxygens (including phenoxy) is 1. The summed E-state index contributed by atoms with van der Waals surface area (Å²) in [4.78, 5) is 2.33. The molecule has 1 unspecified atom stereocenters. The Balaban J connectivity index is 1.89. The summed E-state index contributed by atoms with van der Waals surface area (Å²) < 4.78 is 8.94. The summed E-state index contributed by atoms with van der Waals surface area (Å²) in [5.41, 5.74) is 7.56. The van der Waals surface area contributed by atoms with Crippen molar-refractivity contribution in [2.24, 2.45) is 0 Å². The van der Waals surface area contributed by atoms with E-state index < -0.39 is 0 Å². The lowest BCUT2D eigenvalue weighted by Crippen LogP contribution is -2.33. The van der Waals surface area contributed by atoms with Gasteiger partial charge in [-0.15, -0.1) is 6.58 Å². The molecule has 2 aliphatic heterocycles. The van der Waals surface area contributed by atoms with Gasteiger partial charge in [-0.2, -0.15) is 4.58 Å². The van der Waals surface area contributed by atoms with Crippen molar-refractivity contribution in [2.75, 3.05) is 18.0 Å². The van der Waals surface area contributed by atoms with Crippen LogP contribution in [0.5, 0.6) is 5.75 Å². The van der Waals surface area contributed by atoms with Crippen molar-refractivity contribution in [3.05, 3.63) is 77.7 Å². The molecule has 2 aromatic rings. The number of nitrogens with zero attached hydrogens (tertiary/aromatic N) is 2. The number of rotatable bonds is 7. The fourth-order valence-corrected chi connectivity index (χ4v) is 4.99. The molecule has 0 aromatic heterocycles. The maximum Gasteiger partial charge on any atom is 0.209 e. The topological polar surface area (TPSA) is 15.5 Å². The lowest BCUT2D eigenvalue weighted by Gasteiger charge is -2.22. The maximum absolute atomic E-state index is 6.45. The molecule has 3 heteroatoms. The minimum atomic E-state index is -0.128. The fourth-order valence-electron chi connectivity index (χ4n) is 4.99. The zero-order chi connectivity index (χ0) is 22.2. The van der Waals surface area contributed by atoms with Gasteiger partial charge in [0.05, 0.1) is 17.2 Å². The fraction of sp³-hybridized carbons (Fsp3) is 0.393. The summed E-state index contributed by atoms with van der Waals surface area (Å²) in [6, 6.07) is 13.4. The molecule has 0 amide bonds. The minimum absolute atomic E-state index is 0.128. The maximum atomic E-state index is 6.45. The third-order valence-electron chi connectivity index (χ3n) is 6.49. The SMILES string of the molecule is C=CCC1(C)C(/C=C2\Oc3cc(C)ccc3N2CCC)=[N+](CCC)c2ccc(C)cc21. The van der Waals surface area contributed by atoms with Gasteiger partial charge in [0.25, 0.3) is 0 Å². The molecule has 4 rings (SSSR count). The van der Waals surface area contributed by atoms with Gasteiger partial charge in [-0.25, -0.2) is 0 Å². The van der Waals surface area contributed by atoms with E-state index in [-0.39, 0.29) is 5.41 Å². The molecule has 0 N–H and O–H groups in total. The van der Waals surface area contributed by atoms with Gasteiger partial charge in [-0.05, 0) is 57.4 Å². The van der Waals surface area contributed by atoms with Crippen LogP contribution in [-0.2, 0) is 5.41 Å². The molecule has 2 aromatic carbocycles. The Morgan fingerprint density at radius 1 is 1.06 bits per heavy atom. The van der Waals surface area contributed by atoms with Gasteiger partial charge in [0, 0.05) is 24.6 Å². The molecular formula is C28H35N2O+. The van der Waals surface area contributed by atoms with E-state index in [0.717, 1.165) is 49.7 Å². The van der Waals surface area contributed by atoms with Crippen LogP contribution in [0.15, 0.2) is 61.0 Å². The Labute approximate surface area is 187 Å². The van der Waals surface area contributed by atoms with Gasteiger partial charge < -0.3 is 9.64 Å². The van der Waals surface area contributed by atoms with Crippen LogP contribution in [0, 0.1) is 13.8 Å². The number of anilines is 1. The molecule has 3 nitrogen and oxygen atoms in total. The zero-order valence-corrected chi connectivity index (χ0v) is 19.7. The van der Waals surface area contributed by atoms with Gasteiger partial charge in [0.15, 0.2) is 11.5 Å². The van der Waals surface area contributed by atoms with E-state index >= 15 is 0 Å². The smallest absolute Gasteiger partial charge is 0.209 e. The van der Waals surface area contributed by atoms with Crippen LogP contribution >= 0.6 is 0 Å². The van der Waals surface area contributed by atoms with Crippen LogP contribution in [-0.4, -0.2) is 23.4 Å². The number of allylic oxidation sites excluding steroid dienone is 2. The molecule has 162 valence electrons. The summed E-state index contributed by atoms with van der Waals surface area (Å²) in [7, 11) is 0. The molecule has 0 radical (unpaired) electrons.